The number of ether oxygens (including phenoxy) is 1. The fraction of sp³-hybridized carbons (Fsp3) is 0.312. The highest BCUT2D eigenvalue weighted by Crippen LogP contribution is 2.34. The van der Waals surface area contributed by atoms with Crippen LogP contribution in [0, 0.1) is 0 Å². The standard InChI is InChI=1S/C16H14F3N3O4/c17-16(18,19)13-11(15(24)25)8-20-22(13)10-4-1-3-9(7-10)21-14(23)12-5-2-6-26-12/h1,3-4,7-8,12H,2,5-6H2,(H,21,23)(H,24,25)/t12-/m0/s1. The van der Waals surface area contributed by atoms with Gasteiger partial charge in [0.15, 0.2) is 5.69 Å². The van der Waals surface area contributed by atoms with Crippen molar-refractivity contribution in [3.05, 3.63) is 41.7 Å². The normalized spacial score (nSPS) is 17.3. The van der Waals surface area contributed by atoms with Crippen molar-refractivity contribution in [2.75, 3.05) is 11.9 Å². The number of hydrogen-bond acceptors (Lipinski definition) is 4. The first-order valence-corrected chi connectivity index (χ1v) is 7.69. The molecule has 26 heavy (non-hydrogen) atoms. The van der Waals surface area contributed by atoms with E-state index in [-0.39, 0.29) is 17.3 Å². The van der Waals surface area contributed by atoms with Crippen LogP contribution in [0.1, 0.15) is 28.9 Å². The summed E-state index contributed by atoms with van der Waals surface area (Å²) in [6.07, 6.45) is -3.53. The molecule has 0 saturated carbocycles. The number of nitrogens with one attached hydrogen (secondary N) is 1. The van der Waals surface area contributed by atoms with Gasteiger partial charge in [-0.15, -0.1) is 0 Å². The lowest BCUT2D eigenvalue weighted by Crippen LogP contribution is -2.26. The van der Waals surface area contributed by atoms with Gasteiger partial charge in [0.2, 0.25) is 0 Å². The minimum absolute atomic E-state index is 0.0324. The zero-order valence-electron chi connectivity index (χ0n) is 13.3. The Morgan fingerprint density at radius 1 is 1.35 bits per heavy atom. The van der Waals surface area contributed by atoms with E-state index < -0.39 is 29.5 Å². The number of amides is 1. The van der Waals surface area contributed by atoms with E-state index in [1.807, 2.05) is 0 Å². The fourth-order valence-corrected chi connectivity index (χ4v) is 2.70. The molecule has 0 bridgehead atoms. The van der Waals surface area contributed by atoms with Gasteiger partial charge in [0.1, 0.15) is 11.7 Å². The van der Waals surface area contributed by atoms with Gasteiger partial charge in [-0.1, -0.05) is 6.07 Å². The van der Waals surface area contributed by atoms with Crippen LogP contribution in [-0.2, 0) is 15.7 Å². The van der Waals surface area contributed by atoms with Crippen molar-refractivity contribution < 1.29 is 32.6 Å². The second-order valence-corrected chi connectivity index (χ2v) is 5.66. The zero-order valence-corrected chi connectivity index (χ0v) is 13.3. The Morgan fingerprint density at radius 2 is 2.12 bits per heavy atom. The fourth-order valence-electron chi connectivity index (χ4n) is 2.70. The number of alkyl halides is 3. The van der Waals surface area contributed by atoms with Crippen LogP contribution in [0.5, 0.6) is 0 Å². The molecule has 2 N–H and O–H groups in total. The summed E-state index contributed by atoms with van der Waals surface area (Å²) in [5.41, 5.74) is -2.13. The number of carboxylic acid groups (broad SMARTS) is 1. The van der Waals surface area contributed by atoms with Crippen LogP contribution < -0.4 is 5.32 Å². The number of aromatic nitrogens is 2. The second-order valence-electron chi connectivity index (χ2n) is 5.66. The lowest BCUT2D eigenvalue weighted by atomic mass is 10.2. The summed E-state index contributed by atoms with van der Waals surface area (Å²) in [5.74, 6) is -2.12. The topological polar surface area (TPSA) is 93.5 Å². The lowest BCUT2D eigenvalue weighted by Gasteiger charge is -2.14. The van der Waals surface area contributed by atoms with E-state index in [4.69, 9.17) is 9.84 Å². The molecular weight excluding hydrogens is 355 g/mol. The summed E-state index contributed by atoms with van der Waals surface area (Å²) in [7, 11) is 0. The van der Waals surface area contributed by atoms with E-state index in [9.17, 15) is 22.8 Å². The van der Waals surface area contributed by atoms with Crippen LogP contribution in [0.3, 0.4) is 0 Å². The van der Waals surface area contributed by atoms with Crippen LogP contribution in [0.2, 0.25) is 0 Å². The van der Waals surface area contributed by atoms with Gasteiger partial charge in [-0.05, 0) is 31.0 Å². The van der Waals surface area contributed by atoms with Crippen molar-refractivity contribution in [3.8, 4) is 5.69 Å². The number of anilines is 1. The van der Waals surface area contributed by atoms with E-state index in [2.05, 4.69) is 10.4 Å². The van der Waals surface area contributed by atoms with Gasteiger partial charge in [-0.2, -0.15) is 18.3 Å². The van der Waals surface area contributed by atoms with Gasteiger partial charge < -0.3 is 15.2 Å². The molecule has 1 atom stereocenters. The summed E-state index contributed by atoms with van der Waals surface area (Å²) in [6.45, 7) is 0.484. The number of aromatic carboxylic acids is 1. The average molecular weight is 369 g/mol. The molecule has 0 spiro atoms. The van der Waals surface area contributed by atoms with Crippen molar-refractivity contribution in [2.45, 2.75) is 25.1 Å². The summed E-state index contributed by atoms with van der Waals surface area (Å²) in [6, 6.07) is 5.55. The Hall–Kier alpha value is -2.88. The molecule has 1 amide bonds. The maximum absolute atomic E-state index is 13.3. The van der Waals surface area contributed by atoms with Crippen LogP contribution in [0.25, 0.3) is 5.69 Å². The molecule has 0 aliphatic carbocycles. The van der Waals surface area contributed by atoms with Gasteiger partial charge in [0, 0.05) is 12.3 Å². The molecule has 7 nitrogen and oxygen atoms in total. The average Bonchev–Trinajstić information content (AvgIpc) is 3.24. The highest BCUT2D eigenvalue weighted by Gasteiger charge is 2.40. The van der Waals surface area contributed by atoms with Crippen molar-refractivity contribution >= 4 is 17.6 Å². The van der Waals surface area contributed by atoms with E-state index >= 15 is 0 Å². The first-order valence-electron chi connectivity index (χ1n) is 7.69. The highest BCUT2D eigenvalue weighted by atomic mass is 19.4. The van der Waals surface area contributed by atoms with Crippen LogP contribution in [-0.4, -0.2) is 39.5 Å². The van der Waals surface area contributed by atoms with Crippen molar-refractivity contribution in [1.29, 1.82) is 0 Å². The third-order valence-corrected chi connectivity index (χ3v) is 3.85. The third-order valence-electron chi connectivity index (χ3n) is 3.85. The summed E-state index contributed by atoms with van der Waals surface area (Å²) in [5, 5.41) is 15.1. The predicted molar refractivity (Wildman–Crippen MR) is 83.1 cm³/mol. The maximum Gasteiger partial charge on any atom is 0.434 e. The first kappa shape index (κ1) is 17.9. The Labute approximate surface area is 145 Å². The van der Waals surface area contributed by atoms with Gasteiger partial charge >= 0.3 is 12.1 Å². The number of carbonyl (C=O) groups is 2. The largest absolute Gasteiger partial charge is 0.478 e. The molecule has 1 aliphatic heterocycles. The Morgan fingerprint density at radius 3 is 2.73 bits per heavy atom. The van der Waals surface area contributed by atoms with E-state index in [0.29, 0.717) is 23.9 Å². The quantitative estimate of drug-likeness (QED) is 0.864. The number of nitrogens with zero attached hydrogens (tertiary/aromatic N) is 2. The molecule has 1 aromatic carbocycles. The lowest BCUT2D eigenvalue weighted by molar-refractivity contribution is -0.143. The van der Waals surface area contributed by atoms with Crippen molar-refractivity contribution in [3.63, 3.8) is 0 Å². The van der Waals surface area contributed by atoms with Crippen LogP contribution in [0.15, 0.2) is 30.5 Å². The SMILES string of the molecule is O=C(O)c1cnn(-c2cccc(NC(=O)[C@@H]3CCCO3)c2)c1C(F)(F)F. The molecule has 2 aromatic rings. The minimum atomic E-state index is -4.92. The summed E-state index contributed by atoms with van der Waals surface area (Å²) in [4.78, 5) is 23.1. The Balaban J connectivity index is 1.93. The molecule has 0 radical (unpaired) electrons. The van der Waals surface area contributed by atoms with E-state index in [1.165, 1.54) is 24.3 Å². The van der Waals surface area contributed by atoms with E-state index in [1.54, 1.807) is 0 Å². The molecule has 1 aliphatic rings. The highest BCUT2D eigenvalue weighted by molar-refractivity contribution is 5.94. The molecule has 1 saturated heterocycles. The van der Waals surface area contributed by atoms with Gasteiger partial charge in [-0.3, -0.25) is 4.79 Å². The molecule has 1 aromatic heterocycles. The number of carboxylic acids is 1. The smallest absolute Gasteiger partial charge is 0.434 e. The number of halogens is 3. The molecule has 2 heterocycles. The maximum atomic E-state index is 13.3. The van der Waals surface area contributed by atoms with Crippen LogP contribution in [0.4, 0.5) is 18.9 Å². The van der Waals surface area contributed by atoms with Crippen molar-refractivity contribution in [1.82, 2.24) is 9.78 Å². The van der Waals surface area contributed by atoms with E-state index in [0.717, 1.165) is 6.42 Å². The molecule has 1 fully saturated rings. The third kappa shape index (κ3) is 3.54. The molecule has 10 heteroatoms. The van der Waals surface area contributed by atoms with Gasteiger partial charge in [0.25, 0.3) is 5.91 Å². The minimum Gasteiger partial charge on any atom is -0.478 e. The molecule has 3 rings (SSSR count). The first-order chi connectivity index (χ1) is 12.3. The number of rotatable bonds is 4. The van der Waals surface area contributed by atoms with Crippen LogP contribution >= 0.6 is 0 Å². The Bertz CT molecular complexity index is 842. The predicted octanol–water partition coefficient (Wildman–Crippen LogP) is 2.71. The number of hydrogen-bond donors (Lipinski definition) is 2. The number of carbonyl (C=O) groups excluding carboxylic acids is 1. The monoisotopic (exact) mass is 369 g/mol. The molecule has 138 valence electrons. The molecular formula is C16H14F3N3O4. The molecule has 0 unspecified atom stereocenters. The van der Waals surface area contributed by atoms with Crippen molar-refractivity contribution in [2.24, 2.45) is 0 Å². The second kappa shape index (κ2) is 6.79. The van der Waals surface area contributed by atoms with Gasteiger partial charge in [-0.25, -0.2) is 9.48 Å². The summed E-state index contributed by atoms with van der Waals surface area (Å²) < 4.78 is 45.6. The number of benzene rings is 1. The summed E-state index contributed by atoms with van der Waals surface area (Å²) >= 11 is 0. The van der Waals surface area contributed by atoms with Gasteiger partial charge in [0.05, 0.1) is 11.9 Å². The zero-order chi connectivity index (χ0) is 18.9. The Kier molecular flexibility index (Phi) is 4.68.